The first-order chi connectivity index (χ1) is 24.1. The van der Waals surface area contributed by atoms with Gasteiger partial charge in [-0.3, -0.25) is 4.79 Å². The summed E-state index contributed by atoms with van der Waals surface area (Å²) in [7, 11) is -0.837. The van der Waals surface area contributed by atoms with Gasteiger partial charge in [0.05, 0.1) is 35.5 Å². The lowest BCUT2D eigenvalue weighted by molar-refractivity contribution is -0.0724. The molecular formula is C37H54ClN3O8S2. The van der Waals surface area contributed by atoms with Crippen molar-refractivity contribution in [2.45, 2.75) is 81.5 Å². The van der Waals surface area contributed by atoms with Crippen LogP contribution >= 0.6 is 11.6 Å². The summed E-state index contributed by atoms with van der Waals surface area (Å²) in [6.07, 6.45) is 5.57. The molecule has 1 fully saturated rings. The second-order valence-corrected chi connectivity index (χ2v) is 18.9. The second-order valence-electron chi connectivity index (χ2n) is 15.1. The van der Waals surface area contributed by atoms with Crippen LogP contribution in [0, 0.1) is 17.8 Å². The molecule has 7 atom stereocenters. The topological polar surface area (TPSA) is 160 Å². The highest BCUT2D eigenvalue weighted by molar-refractivity contribution is 7.89. The maximum Gasteiger partial charge on any atom is 0.248 e. The third-order valence-corrected chi connectivity index (χ3v) is 15.1. The predicted octanol–water partition coefficient (Wildman–Crippen LogP) is 4.99. The summed E-state index contributed by atoms with van der Waals surface area (Å²) in [6, 6.07) is 11.3. The predicted molar refractivity (Wildman–Crippen MR) is 201 cm³/mol. The number of aryl methyl sites for hydroxylation is 1. The number of primary amides is 1. The van der Waals surface area contributed by atoms with Gasteiger partial charge in [-0.2, -0.15) is 0 Å². The van der Waals surface area contributed by atoms with Crippen LogP contribution in [-0.4, -0.2) is 96.1 Å². The Bertz CT molecular complexity index is 1700. The monoisotopic (exact) mass is 767 g/mol. The van der Waals surface area contributed by atoms with Gasteiger partial charge in [-0.05, 0) is 111 Å². The lowest BCUT2D eigenvalue weighted by Gasteiger charge is -2.50. The van der Waals surface area contributed by atoms with Gasteiger partial charge >= 0.3 is 0 Å². The number of rotatable bonds is 16. The summed E-state index contributed by atoms with van der Waals surface area (Å²) in [5.74, 6) is -0.776. The van der Waals surface area contributed by atoms with Gasteiger partial charge in [0, 0.05) is 49.8 Å². The van der Waals surface area contributed by atoms with Gasteiger partial charge in [0.25, 0.3) is 0 Å². The van der Waals surface area contributed by atoms with E-state index in [1.807, 2.05) is 19.1 Å². The van der Waals surface area contributed by atoms with Crippen LogP contribution < -0.4 is 15.4 Å². The van der Waals surface area contributed by atoms with E-state index in [9.17, 15) is 27.1 Å². The van der Waals surface area contributed by atoms with Gasteiger partial charge in [0.1, 0.15) is 5.75 Å². The number of carbonyl (C=O) groups is 1. The number of benzene rings is 2. The second kappa shape index (κ2) is 16.4. The molecule has 1 saturated carbocycles. The fraction of sp³-hybridized carbons (Fsp3) is 0.649. The average molecular weight is 768 g/mol. The zero-order valence-corrected chi connectivity index (χ0v) is 32.6. The van der Waals surface area contributed by atoms with E-state index in [1.165, 1.54) is 29.6 Å². The van der Waals surface area contributed by atoms with Gasteiger partial charge in [-0.25, -0.2) is 16.9 Å². The van der Waals surface area contributed by atoms with E-state index in [0.29, 0.717) is 55.3 Å². The van der Waals surface area contributed by atoms with Crippen molar-refractivity contribution in [1.82, 2.24) is 4.31 Å². The van der Waals surface area contributed by atoms with E-state index in [1.54, 1.807) is 25.1 Å². The Labute approximate surface area is 310 Å². The number of nitrogens with zero attached hydrogens (tertiary/aromatic N) is 2. The molecule has 2 aromatic rings. The molecule has 5 rings (SSSR count). The van der Waals surface area contributed by atoms with Crippen LogP contribution in [0.2, 0.25) is 5.02 Å². The molecule has 3 aliphatic rings. The third-order valence-electron chi connectivity index (χ3n) is 11.8. The molecule has 0 bridgehead atoms. The molecule has 2 aromatic carbocycles. The third kappa shape index (κ3) is 8.93. The number of carbonyl (C=O) groups excluding carboxylic acids is 1. The largest absolute Gasteiger partial charge is 0.490 e. The molecule has 14 heteroatoms. The smallest absolute Gasteiger partial charge is 0.248 e. The minimum Gasteiger partial charge on any atom is -0.490 e. The van der Waals surface area contributed by atoms with E-state index < -0.39 is 43.6 Å². The molecule has 1 unspecified atom stereocenters. The summed E-state index contributed by atoms with van der Waals surface area (Å²) in [5, 5.41) is 12.8. The molecule has 1 heterocycles. The van der Waals surface area contributed by atoms with Crippen LogP contribution in [-0.2, 0) is 37.7 Å². The van der Waals surface area contributed by atoms with Crippen molar-refractivity contribution in [2.75, 3.05) is 57.7 Å². The van der Waals surface area contributed by atoms with Crippen molar-refractivity contribution < 1.29 is 36.6 Å². The number of methoxy groups -OCH3 is 1. The molecule has 51 heavy (non-hydrogen) atoms. The van der Waals surface area contributed by atoms with Crippen molar-refractivity contribution in [3.63, 3.8) is 0 Å². The molecule has 1 aliphatic heterocycles. The lowest BCUT2D eigenvalue weighted by Crippen LogP contribution is -2.56. The Kier molecular flexibility index (Phi) is 12.8. The van der Waals surface area contributed by atoms with Crippen LogP contribution in [0.5, 0.6) is 5.75 Å². The maximum absolute atomic E-state index is 13.7. The minimum absolute atomic E-state index is 0.0516. The normalized spacial score (nSPS) is 24.7. The van der Waals surface area contributed by atoms with Crippen LogP contribution in [0.3, 0.4) is 0 Å². The van der Waals surface area contributed by atoms with Crippen molar-refractivity contribution >= 4 is 44.3 Å². The van der Waals surface area contributed by atoms with E-state index in [-0.39, 0.29) is 42.7 Å². The van der Waals surface area contributed by atoms with Crippen LogP contribution in [0.15, 0.2) is 36.4 Å². The van der Waals surface area contributed by atoms with E-state index in [0.717, 1.165) is 31.4 Å². The molecule has 1 amide bonds. The van der Waals surface area contributed by atoms with Crippen molar-refractivity contribution in [3.8, 4) is 5.75 Å². The summed E-state index contributed by atoms with van der Waals surface area (Å²) in [4.78, 5) is 14.6. The molecular weight excluding hydrogens is 714 g/mol. The molecule has 11 nitrogen and oxygen atoms in total. The first-order valence-electron chi connectivity index (χ1n) is 17.9. The van der Waals surface area contributed by atoms with E-state index in [2.05, 4.69) is 11.0 Å². The number of hydrogen-bond acceptors (Lipinski definition) is 8. The number of hydrogen-bond donors (Lipinski definition) is 3. The Morgan fingerprint density at radius 1 is 1.25 bits per heavy atom. The maximum atomic E-state index is 13.7. The minimum atomic E-state index is -3.86. The Morgan fingerprint density at radius 2 is 2.02 bits per heavy atom. The van der Waals surface area contributed by atoms with Crippen molar-refractivity contribution in [3.05, 3.63) is 58.1 Å². The molecule has 284 valence electrons. The van der Waals surface area contributed by atoms with Crippen LogP contribution in [0.25, 0.3) is 0 Å². The molecule has 2 aliphatic carbocycles. The number of aliphatic hydroxyl groups is 1. The number of halogens is 1. The van der Waals surface area contributed by atoms with Gasteiger partial charge in [0.15, 0.2) is 11.1 Å². The van der Waals surface area contributed by atoms with E-state index >= 15 is 0 Å². The Balaban J connectivity index is 1.47. The molecule has 0 aromatic heterocycles. The molecule has 0 radical (unpaired) electrons. The SMILES string of the molecule is COCCN(C)S(=O)(=O)C[C@@](O)(CCC[C@H](C)[C@@H](C)S(=O)O)[C@@H]1CC[C@H]1CN1C[C@@]2(CCCc3cc(Cl)ccc32)COc2ccc(C(N)=O)cc21. The molecule has 0 saturated heterocycles. The number of nitrogens with two attached hydrogens (primary N) is 1. The van der Waals surface area contributed by atoms with Crippen LogP contribution in [0.1, 0.15) is 80.3 Å². The number of likely N-dealkylation sites (N-methyl/N-ethyl adjacent to an activating group) is 1. The molecule has 1 spiro atoms. The summed E-state index contributed by atoms with van der Waals surface area (Å²) in [5.41, 5.74) is 7.37. The number of anilines is 1. The van der Waals surface area contributed by atoms with Crippen LogP contribution in [0.4, 0.5) is 5.69 Å². The first-order valence-corrected chi connectivity index (χ1v) is 21.1. The van der Waals surface area contributed by atoms with Gasteiger partial charge in [-0.15, -0.1) is 0 Å². The highest BCUT2D eigenvalue weighted by Gasteiger charge is 2.50. The standard InChI is InChI=1S/C37H54ClN3O8S2/c1-25(26(2)50(44)45)7-5-16-37(43,24-51(46,47)40(3)17-18-48-4)32-12-9-29(32)21-41-22-36(15-6-8-27-19-30(38)11-13-31(27)36)23-49-34-14-10-28(35(39)42)20-33(34)41/h10-11,13-14,19-20,25-26,29,32,43H,5-9,12,15-18,21-24H2,1-4H3,(H2,39,42)(H,44,45)/t25-,26+,29-,32+,36-,37-/m0/s1. The fourth-order valence-corrected chi connectivity index (χ4v) is 10.7. The van der Waals surface area contributed by atoms with E-state index in [4.69, 9.17) is 26.8 Å². The lowest BCUT2D eigenvalue weighted by atomic mass is 9.63. The van der Waals surface area contributed by atoms with Gasteiger partial charge < -0.3 is 29.8 Å². The summed E-state index contributed by atoms with van der Waals surface area (Å²) in [6.45, 7) is 5.60. The highest BCUT2D eigenvalue weighted by atomic mass is 35.5. The number of sulfonamides is 1. The molecule has 4 N–H and O–H groups in total. The van der Waals surface area contributed by atoms with Crippen molar-refractivity contribution in [1.29, 1.82) is 0 Å². The van der Waals surface area contributed by atoms with Gasteiger partial charge in [-0.1, -0.05) is 31.0 Å². The first kappa shape index (κ1) is 39.9. The number of fused-ring (bicyclic) bond motifs is 3. The Morgan fingerprint density at radius 3 is 2.69 bits per heavy atom. The summed E-state index contributed by atoms with van der Waals surface area (Å²) >= 11 is 4.45. The van der Waals surface area contributed by atoms with Crippen molar-refractivity contribution in [2.24, 2.45) is 23.5 Å². The Hall–Kier alpha value is -2.26. The van der Waals surface area contributed by atoms with Gasteiger partial charge in [0.2, 0.25) is 15.9 Å². The fourth-order valence-electron chi connectivity index (χ4n) is 8.36. The zero-order chi connectivity index (χ0) is 37.1. The zero-order valence-electron chi connectivity index (χ0n) is 30.2. The average Bonchev–Trinajstić information content (AvgIpc) is 3.21. The number of ether oxygens (including phenoxy) is 2. The summed E-state index contributed by atoms with van der Waals surface area (Å²) < 4.78 is 61.7. The highest BCUT2D eigenvalue weighted by Crippen LogP contribution is 2.49. The number of amides is 1. The quantitative estimate of drug-likeness (QED) is 0.200.